The first kappa shape index (κ1) is 22.4. The van der Waals surface area contributed by atoms with Gasteiger partial charge >= 0.3 is 11.9 Å². The van der Waals surface area contributed by atoms with Crippen LogP contribution in [0.15, 0.2) is 23.3 Å². The van der Waals surface area contributed by atoms with Crippen molar-refractivity contribution in [2.24, 2.45) is 0 Å². The zero-order valence-electron chi connectivity index (χ0n) is 17.1. The molecule has 0 aromatic rings. The maximum atomic E-state index is 11.2. The first-order valence-corrected chi connectivity index (χ1v) is 9.21. The van der Waals surface area contributed by atoms with Crippen LogP contribution in [-0.2, 0) is 19.1 Å². The van der Waals surface area contributed by atoms with Gasteiger partial charge in [0.05, 0.1) is 14.2 Å². The number of carbonyl (C=O) groups is 2. The van der Waals surface area contributed by atoms with Gasteiger partial charge in [0.15, 0.2) is 0 Å². The quantitative estimate of drug-likeness (QED) is 0.712. The smallest absolute Gasteiger partial charge is 0.333 e. The molecule has 0 unspecified atom stereocenters. The molecule has 0 aromatic carbocycles. The Kier molecular flexibility index (Phi) is 9.59. The van der Waals surface area contributed by atoms with Crippen LogP contribution in [0.1, 0.15) is 38.5 Å². The second-order valence-electron chi connectivity index (χ2n) is 7.21. The summed E-state index contributed by atoms with van der Waals surface area (Å²) in [5, 5.41) is 0. The number of rotatable bonds is 4. The number of esters is 2. The Hall–Kier alpha value is -1.66. The fourth-order valence-electron chi connectivity index (χ4n) is 3.22. The molecule has 0 saturated heterocycles. The third-order valence-electron chi connectivity index (χ3n) is 4.90. The van der Waals surface area contributed by atoms with E-state index in [4.69, 9.17) is 9.47 Å². The Labute approximate surface area is 157 Å². The Balaban J connectivity index is 0.000000260. The standard InChI is InChI=1S/2C10H17NO2/c2*1-11(2)9-6-4-5-8(7-9)10(12)13-3/h2*7,9H,4-6H2,1-3H3/t2*9-/m10/s1. The van der Waals surface area contributed by atoms with Gasteiger partial charge in [-0.1, -0.05) is 12.2 Å². The fourth-order valence-corrected chi connectivity index (χ4v) is 3.22. The molecule has 26 heavy (non-hydrogen) atoms. The second kappa shape index (κ2) is 11.1. The van der Waals surface area contributed by atoms with Gasteiger partial charge in [-0.05, 0) is 66.7 Å². The van der Waals surface area contributed by atoms with Crippen molar-refractivity contribution in [1.82, 2.24) is 9.80 Å². The molecule has 2 rings (SSSR count). The van der Waals surface area contributed by atoms with Crippen LogP contribution in [0, 0.1) is 0 Å². The lowest BCUT2D eigenvalue weighted by Crippen LogP contribution is -2.29. The monoisotopic (exact) mass is 366 g/mol. The van der Waals surface area contributed by atoms with Crippen molar-refractivity contribution in [2.75, 3.05) is 42.4 Å². The van der Waals surface area contributed by atoms with E-state index in [2.05, 4.69) is 9.80 Å². The summed E-state index contributed by atoms with van der Waals surface area (Å²) in [5.41, 5.74) is 1.65. The zero-order chi connectivity index (χ0) is 19.7. The molecule has 0 amide bonds. The van der Waals surface area contributed by atoms with Crippen molar-refractivity contribution in [3.8, 4) is 0 Å². The average molecular weight is 367 g/mol. The summed E-state index contributed by atoms with van der Waals surface area (Å²) in [6.45, 7) is 0. The van der Waals surface area contributed by atoms with Gasteiger partial charge in [-0.25, -0.2) is 9.59 Å². The van der Waals surface area contributed by atoms with E-state index in [0.717, 1.165) is 49.7 Å². The van der Waals surface area contributed by atoms with Crippen LogP contribution in [0.25, 0.3) is 0 Å². The highest BCUT2D eigenvalue weighted by molar-refractivity contribution is 5.89. The molecular formula is C20H34N2O4. The Morgan fingerprint density at radius 3 is 1.42 bits per heavy atom. The maximum Gasteiger partial charge on any atom is 0.333 e. The summed E-state index contributed by atoms with van der Waals surface area (Å²) in [4.78, 5) is 26.7. The number of nitrogens with zero attached hydrogens (tertiary/aromatic N) is 2. The maximum absolute atomic E-state index is 11.2. The van der Waals surface area contributed by atoms with Crippen LogP contribution < -0.4 is 0 Å². The number of carbonyl (C=O) groups excluding carboxylic acids is 2. The number of ether oxygens (including phenoxy) is 2. The van der Waals surface area contributed by atoms with E-state index >= 15 is 0 Å². The van der Waals surface area contributed by atoms with E-state index in [1.165, 1.54) is 14.2 Å². The molecule has 0 saturated carbocycles. The molecule has 0 fully saturated rings. The SMILES string of the molecule is COC(=O)C1=C[C@@H](N(C)C)CCC1.COC(=O)C1=C[C@H](N(C)C)CCC1. The molecule has 2 aliphatic rings. The van der Waals surface area contributed by atoms with Gasteiger partial charge in [0.25, 0.3) is 0 Å². The molecule has 0 aromatic heterocycles. The molecule has 2 aliphatic carbocycles. The van der Waals surface area contributed by atoms with Gasteiger partial charge in [0, 0.05) is 23.2 Å². The van der Waals surface area contributed by atoms with E-state index in [1.54, 1.807) is 0 Å². The number of likely N-dealkylation sites (N-methyl/N-ethyl adjacent to an activating group) is 2. The molecule has 0 radical (unpaired) electrons. The minimum Gasteiger partial charge on any atom is -0.466 e. The van der Waals surface area contributed by atoms with Crippen molar-refractivity contribution in [3.05, 3.63) is 23.3 Å². The van der Waals surface area contributed by atoms with Crippen LogP contribution in [-0.4, -0.2) is 76.2 Å². The number of hydrogen-bond donors (Lipinski definition) is 0. The number of methoxy groups -OCH3 is 2. The van der Waals surface area contributed by atoms with E-state index in [-0.39, 0.29) is 11.9 Å². The summed E-state index contributed by atoms with van der Waals surface area (Å²) in [7, 11) is 11.0. The highest BCUT2D eigenvalue weighted by atomic mass is 16.5. The Morgan fingerprint density at radius 1 is 0.808 bits per heavy atom. The summed E-state index contributed by atoms with van der Waals surface area (Å²) < 4.78 is 9.38. The lowest BCUT2D eigenvalue weighted by atomic mass is 9.95. The first-order chi connectivity index (χ1) is 12.3. The van der Waals surface area contributed by atoms with Crippen molar-refractivity contribution in [2.45, 2.75) is 50.6 Å². The van der Waals surface area contributed by atoms with Crippen LogP contribution in [0.4, 0.5) is 0 Å². The van der Waals surface area contributed by atoms with Crippen molar-refractivity contribution >= 4 is 11.9 Å². The fraction of sp³-hybridized carbons (Fsp3) is 0.700. The Bertz CT molecular complexity index is 490. The Morgan fingerprint density at radius 2 is 1.15 bits per heavy atom. The molecular weight excluding hydrogens is 332 g/mol. The van der Waals surface area contributed by atoms with Gasteiger partial charge in [-0.3, -0.25) is 0 Å². The van der Waals surface area contributed by atoms with Crippen LogP contribution in [0.5, 0.6) is 0 Å². The molecule has 6 heteroatoms. The van der Waals surface area contributed by atoms with Crippen molar-refractivity contribution in [3.63, 3.8) is 0 Å². The van der Waals surface area contributed by atoms with Crippen molar-refractivity contribution in [1.29, 1.82) is 0 Å². The predicted molar refractivity (Wildman–Crippen MR) is 103 cm³/mol. The summed E-state index contributed by atoms with van der Waals surface area (Å²) in [5.74, 6) is -0.349. The second-order valence-corrected chi connectivity index (χ2v) is 7.21. The molecule has 2 atom stereocenters. The van der Waals surface area contributed by atoms with E-state index in [1.807, 2.05) is 40.3 Å². The molecule has 0 spiro atoms. The minimum atomic E-state index is -0.174. The topological polar surface area (TPSA) is 59.1 Å². The van der Waals surface area contributed by atoms with Crippen molar-refractivity contribution < 1.29 is 19.1 Å². The molecule has 0 aliphatic heterocycles. The molecule has 6 nitrogen and oxygen atoms in total. The lowest BCUT2D eigenvalue weighted by Gasteiger charge is -2.25. The highest BCUT2D eigenvalue weighted by Gasteiger charge is 2.20. The highest BCUT2D eigenvalue weighted by Crippen LogP contribution is 2.22. The predicted octanol–water partition coefficient (Wildman–Crippen LogP) is 2.40. The first-order valence-electron chi connectivity index (χ1n) is 9.21. The summed E-state index contributed by atoms with van der Waals surface area (Å²) in [6, 6.07) is 0.783. The van der Waals surface area contributed by atoms with Crippen LogP contribution in [0.2, 0.25) is 0 Å². The zero-order valence-corrected chi connectivity index (χ0v) is 17.1. The molecule has 148 valence electrons. The van der Waals surface area contributed by atoms with Gasteiger partial charge in [-0.15, -0.1) is 0 Å². The van der Waals surface area contributed by atoms with Crippen LogP contribution >= 0.6 is 0 Å². The van der Waals surface area contributed by atoms with Gasteiger partial charge in [0.2, 0.25) is 0 Å². The normalized spacial score (nSPS) is 22.8. The molecule has 0 heterocycles. The van der Waals surface area contributed by atoms with Gasteiger partial charge in [-0.2, -0.15) is 0 Å². The number of hydrogen-bond acceptors (Lipinski definition) is 6. The van der Waals surface area contributed by atoms with E-state index < -0.39 is 0 Å². The van der Waals surface area contributed by atoms with E-state index in [9.17, 15) is 9.59 Å². The van der Waals surface area contributed by atoms with Crippen LogP contribution in [0.3, 0.4) is 0 Å². The minimum absolute atomic E-state index is 0.174. The largest absolute Gasteiger partial charge is 0.466 e. The average Bonchev–Trinajstić information content (AvgIpc) is 2.67. The third-order valence-corrected chi connectivity index (χ3v) is 4.90. The van der Waals surface area contributed by atoms with Gasteiger partial charge in [0.1, 0.15) is 0 Å². The van der Waals surface area contributed by atoms with E-state index in [0.29, 0.717) is 12.1 Å². The lowest BCUT2D eigenvalue weighted by molar-refractivity contribution is -0.137. The summed E-state index contributed by atoms with van der Waals surface area (Å²) in [6.07, 6.45) is 10.2. The van der Waals surface area contributed by atoms with Gasteiger partial charge < -0.3 is 19.3 Å². The third kappa shape index (κ3) is 6.92. The molecule has 0 N–H and O–H groups in total. The summed E-state index contributed by atoms with van der Waals surface area (Å²) >= 11 is 0. The molecule has 0 bridgehead atoms.